The highest BCUT2D eigenvalue weighted by molar-refractivity contribution is 5.93. The quantitative estimate of drug-likeness (QED) is 0.360. The monoisotopic (exact) mass is 302 g/mol. The maximum Gasteiger partial charge on any atom is 0.265 e. The van der Waals surface area contributed by atoms with Crippen molar-refractivity contribution >= 4 is 5.91 Å². The smallest absolute Gasteiger partial charge is 0.265 e. The van der Waals surface area contributed by atoms with E-state index >= 15 is 0 Å². The molecule has 0 aliphatic rings. The summed E-state index contributed by atoms with van der Waals surface area (Å²) in [4.78, 5) is 12.1. The van der Waals surface area contributed by atoms with E-state index in [-0.39, 0.29) is 11.9 Å². The first-order chi connectivity index (χ1) is 10.7. The first-order valence-corrected chi connectivity index (χ1v) is 8.42. The molecule has 3 heteroatoms. The van der Waals surface area contributed by atoms with Crippen molar-refractivity contribution in [2.75, 3.05) is 0 Å². The SMILES string of the molecule is C=C[C@H](C)[C@@H](CCCCCCC)NNC(=O)c1ccccc1. The standard InChI is InChI=1S/C19H30N2O/c1-4-6-7-8-12-15-18(16(3)5-2)20-21-19(22)17-13-10-9-11-14-17/h5,9-11,13-14,16,18,20H,2,4,6-8,12,15H2,1,3H3,(H,21,22)/t16-,18+/m0/s1. The van der Waals surface area contributed by atoms with Gasteiger partial charge in [0, 0.05) is 11.6 Å². The predicted octanol–water partition coefficient (Wildman–Crippen LogP) is 4.47. The van der Waals surface area contributed by atoms with Crippen LogP contribution in [0.1, 0.15) is 62.7 Å². The molecule has 0 aromatic heterocycles. The molecule has 0 radical (unpaired) electrons. The van der Waals surface area contributed by atoms with Crippen LogP contribution in [0.2, 0.25) is 0 Å². The minimum atomic E-state index is -0.0900. The minimum Gasteiger partial charge on any atom is -0.287 e. The van der Waals surface area contributed by atoms with Crippen LogP contribution in [-0.2, 0) is 0 Å². The van der Waals surface area contributed by atoms with E-state index in [4.69, 9.17) is 0 Å². The zero-order valence-electron chi connectivity index (χ0n) is 14.0. The Morgan fingerprint density at radius 2 is 1.86 bits per heavy atom. The van der Waals surface area contributed by atoms with Gasteiger partial charge in [-0.2, -0.15) is 0 Å². The Hall–Kier alpha value is -1.61. The second-order valence-electron chi connectivity index (χ2n) is 5.87. The van der Waals surface area contributed by atoms with Gasteiger partial charge in [0.1, 0.15) is 0 Å². The van der Waals surface area contributed by atoms with Gasteiger partial charge in [0.05, 0.1) is 0 Å². The molecule has 0 aliphatic heterocycles. The molecule has 1 amide bonds. The Kier molecular flexibility index (Phi) is 9.24. The molecule has 0 saturated heterocycles. The zero-order chi connectivity index (χ0) is 16.2. The normalized spacial score (nSPS) is 13.4. The molecule has 0 saturated carbocycles. The molecule has 22 heavy (non-hydrogen) atoms. The second kappa shape index (κ2) is 11.0. The summed E-state index contributed by atoms with van der Waals surface area (Å²) in [7, 11) is 0. The Morgan fingerprint density at radius 3 is 2.50 bits per heavy atom. The molecule has 0 fully saturated rings. The summed E-state index contributed by atoms with van der Waals surface area (Å²) in [6.07, 6.45) is 9.28. The summed E-state index contributed by atoms with van der Waals surface area (Å²) in [6, 6.07) is 9.50. The van der Waals surface area contributed by atoms with E-state index in [1.54, 1.807) is 0 Å². The molecule has 0 aliphatic carbocycles. The third kappa shape index (κ3) is 6.90. The van der Waals surface area contributed by atoms with Gasteiger partial charge < -0.3 is 0 Å². The summed E-state index contributed by atoms with van der Waals surface area (Å²) in [6.45, 7) is 8.23. The van der Waals surface area contributed by atoms with Gasteiger partial charge in [0.2, 0.25) is 0 Å². The minimum absolute atomic E-state index is 0.0900. The average molecular weight is 302 g/mol. The fourth-order valence-corrected chi connectivity index (χ4v) is 2.42. The summed E-state index contributed by atoms with van der Waals surface area (Å²) in [5.41, 5.74) is 6.69. The summed E-state index contributed by atoms with van der Waals surface area (Å²) in [5.74, 6) is 0.232. The highest BCUT2D eigenvalue weighted by Crippen LogP contribution is 2.13. The highest BCUT2D eigenvalue weighted by atomic mass is 16.2. The van der Waals surface area contributed by atoms with Gasteiger partial charge in [-0.05, 0) is 24.5 Å². The molecule has 3 nitrogen and oxygen atoms in total. The zero-order valence-corrected chi connectivity index (χ0v) is 14.0. The van der Waals surface area contributed by atoms with Crippen molar-refractivity contribution < 1.29 is 4.79 Å². The third-order valence-electron chi connectivity index (χ3n) is 4.03. The molecular weight excluding hydrogens is 272 g/mol. The van der Waals surface area contributed by atoms with Crippen molar-refractivity contribution in [3.63, 3.8) is 0 Å². The lowest BCUT2D eigenvalue weighted by molar-refractivity contribution is 0.0919. The molecule has 2 atom stereocenters. The number of rotatable bonds is 11. The number of carbonyl (C=O) groups excluding carboxylic acids is 1. The number of carbonyl (C=O) groups is 1. The molecular formula is C19H30N2O. The van der Waals surface area contributed by atoms with Gasteiger partial charge in [-0.1, -0.05) is 70.2 Å². The number of hydrazine groups is 1. The summed E-state index contributed by atoms with van der Waals surface area (Å²) in [5, 5.41) is 0. The number of benzene rings is 1. The topological polar surface area (TPSA) is 41.1 Å². The van der Waals surface area contributed by atoms with E-state index in [1.165, 1.54) is 32.1 Å². The fraction of sp³-hybridized carbons (Fsp3) is 0.526. The first kappa shape index (κ1) is 18.4. The predicted molar refractivity (Wildman–Crippen MR) is 93.6 cm³/mol. The molecule has 1 aromatic rings. The van der Waals surface area contributed by atoms with E-state index in [2.05, 4.69) is 31.3 Å². The maximum absolute atomic E-state index is 12.1. The van der Waals surface area contributed by atoms with Crippen molar-refractivity contribution in [3.05, 3.63) is 48.6 Å². The van der Waals surface area contributed by atoms with Crippen LogP contribution in [0.25, 0.3) is 0 Å². The Labute approximate surface area is 135 Å². The Balaban J connectivity index is 2.41. The van der Waals surface area contributed by atoms with Gasteiger partial charge >= 0.3 is 0 Å². The number of nitrogens with one attached hydrogen (secondary N) is 2. The van der Waals surface area contributed by atoms with E-state index in [1.807, 2.05) is 36.4 Å². The lowest BCUT2D eigenvalue weighted by atomic mass is 9.96. The van der Waals surface area contributed by atoms with Crippen LogP contribution in [0.4, 0.5) is 0 Å². The van der Waals surface area contributed by atoms with Crippen LogP contribution in [0.15, 0.2) is 43.0 Å². The van der Waals surface area contributed by atoms with E-state index in [0.29, 0.717) is 11.5 Å². The molecule has 2 N–H and O–H groups in total. The number of unbranched alkanes of at least 4 members (excludes halogenated alkanes) is 4. The largest absolute Gasteiger partial charge is 0.287 e. The number of hydrogen-bond donors (Lipinski definition) is 2. The summed E-state index contributed by atoms with van der Waals surface area (Å²) < 4.78 is 0. The van der Waals surface area contributed by atoms with Crippen molar-refractivity contribution in [3.8, 4) is 0 Å². The third-order valence-corrected chi connectivity index (χ3v) is 4.03. The van der Waals surface area contributed by atoms with Gasteiger partial charge in [-0.25, -0.2) is 5.43 Å². The maximum atomic E-state index is 12.1. The van der Waals surface area contributed by atoms with Crippen molar-refractivity contribution in [2.24, 2.45) is 5.92 Å². The second-order valence-corrected chi connectivity index (χ2v) is 5.87. The van der Waals surface area contributed by atoms with Gasteiger partial charge in [0.15, 0.2) is 0 Å². The molecule has 1 rings (SSSR count). The lowest BCUT2D eigenvalue weighted by Crippen LogP contribution is -2.46. The average Bonchev–Trinajstić information content (AvgIpc) is 2.57. The van der Waals surface area contributed by atoms with Gasteiger partial charge in [-0.15, -0.1) is 6.58 Å². The molecule has 122 valence electrons. The van der Waals surface area contributed by atoms with Crippen molar-refractivity contribution in [2.45, 2.75) is 58.4 Å². The number of amides is 1. The van der Waals surface area contributed by atoms with Crippen LogP contribution < -0.4 is 10.9 Å². The fourth-order valence-electron chi connectivity index (χ4n) is 2.42. The molecule has 1 aromatic carbocycles. The number of hydrogen-bond acceptors (Lipinski definition) is 2. The lowest BCUT2D eigenvalue weighted by Gasteiger charge is -2.23. The first-order valence-electron chi connectivity index (χ1n) is 8.42. The van der Waals surface area contributed by atoms with Crippen LogP contribution in [0.5, 0.6) is 0 Å². The molecule has 0 heterocycles. The van der Waals surface area contributed by atoms with Gasteiger partial charge in [0.25, 0.3) is 5.91 Å². The summed E-state index contributed by atoms with van der Waals surface area (Å²) >= 11 is 0. The molecule has 0 spiro atoms. The van der Waals surface area contributed by atoms with Crippen LogP contribution in [-0.4, -0.2) is 11.9 Å². The van der Waals surface area contributed by atoms with Gasteiger partial charge in [-0.3, -0.25) is 10.2 Å². The van der Waals surface area contributed by atoms with Crippen molar-refractivity contribution in [1.29, 1.82) is 0 Å². The van der Waals surface area contributed by atoms with Crippen molar-refractivity contribution in [1.82, 2.24) is 10.9 Å². The van der Waals surface area contributed by atoms with Crippen LogP contribution in [0.3, 0.4) is 0 Å². The van der Waals surface area contributed by atoms with E-state index < -0.39 is 0 Å². The van der Waals surface area contributed by atoms with Crippen LogP contribution in [0, 0.1) is 5.92 Å². The van der Waals surface area contributed by atoms with E-state index in [9.17, 15) is 4.79 Å². The molecule has 0 unspecified atom stereocenters. The Bertz CT molecular complexity index is 430. The van der Waals surface area contributed by atoms with E-state index in [0.717, 1.165) is 6.42 Å². The Morgan fingerprint density at radius 1 is 1.18 bits per heavy atom. The molecule has 0 bridgehead atoms. The highest BCUT2D eigenvalue weighted by Gasteiger charge is 2.15. The van der Waals surface area contributed by atoms with Crippen LogP contribution >= 0.6 is 0 Å².